The molecule has 1 N–H and O–H groups in total. The van der Waals surface area contributed by atoms with Crippen molar-refractivity contribution in [3.8, 4) is 11.3 Å². The van der Waals surface area contributed by atoms with Gasteiger partial charge in [0.05, 0.1) is 24.5 Å². The van der Waals surface area contributed by atoms with Gasteiger partial charge < -0.3 is 19.3 Å². The number of aromatic carboxylic acids is 1. The molecule has 7 nitrogen and oxygen atoms in total. The van der Waals surface area contributed by atoms with Gasteiger partial charge >= 0.3 is 12.1 Å². The van der Waals surface area contributed by atoms with Crippen LogP contribution >= 0.6 is 11.3 Å². The van der Waals surface area contributed by atoms with Crippen LogP contribution in [-0.2, 0) is 17.5 Å². The first kappa shape index (κ1) is 24.4. The number of carboxylic acid groups (broad SMARTS) is 1. The number of carbonyl (C=O) groups is 1. The number of halogens is 3. The lowest BCUT2D eigenvalue weighted by Gasteiger charge is -2.39. The first-order chi connectivity index (χ1) is 17.7. The summed E-state index contributed by atoms with van der Waals surface area (Å²) in [5, 5.41) is 14.1. The van der Waals surface area contributed by atoms with E-state index in [1.54, 1.807) is 6.07 Å². The first-order valence-corrected chi connectivity index (χ1v) is 13.3. The van der Waals surface area contributed by atoms with Gasteiger partial charge in [-0.15, -0.1) is 0 Å². The van der Waals surface area contributed by atoms with E-state index in [-0.39, 0.29) is 46.8 Å². The molecule has 3 aliphatic rings. The molecule has 1 aliphatic carbocycles. The van der Waals surface area contributed by atoms with Crippen molar-refractivity contribution >= 4 is 22.4 Å². The Balaban J connectivity index is 1.23. The fourth-order valence-electron chi connectivity index (χ4n) is 5.86. The van der Waals surface area contributed by atoms with E-state index in [1.165, 1.54) is 29.7 Å². The van der Waals surface area contributed by atoms with Gasteiger partial charge in [-0.1, -0.05) is 41.6 Å². The van der Waals surface area contributed by atoms with Crippen LogP contribution in [0.2, 0.25) is 0 Å². The third-order valence-corrected chi connectivity index (χ3v) is 8.73. The minimum Gasteiger partial charge on any atom is -0.477 e. The Kier molecular flexibility index (Phi) is 6.02. The number of hydrogen-bond acceptors (Lipinski definition) is 7. The summed E-state index contributed by atoms with van der Waals surface area (Å²) >= 11 is 1.19. The minimum atomic E-state index is -4.51. The maximum Gasteiger partial charge on any atom is 0.417 e. The number of ether oxygens (including phenoxy) is 1. The summed E-state index contributed by atoms with van der Waals surface area (Å²) in [6.45, 7) is 2.32. The van der Waals surface area contributed by atoms with E-state index in [0.717, 1.165) is 43.3 Å². The summed E-state index contributed by atoms with van der Waals surface area (Å²) in [7, 11) is 0. The Labute approximate surface area is 215 Å². The maximum atomic E-state index is 13.7. The van der Waals surface area contributed by atoms with Crippen molar-refractivity contribution in [3.05, 3.63) is 52.2 Å². The molecule has 4 heterocycles. The van der Waals surface area contributed by atoms with Crippen LogP contribution in [0, 0.1) is 5.92 Å². The van der Waals surface area contributed by atoms with Gasteiger partial charge in [-0.05, 0) is 44.1 Å². The number of piperidine rings is 1. The number of alkyl halides is 3. The maximum absolute atomic E-state index is 13.7. The Morgan fingerprint density at radius 1 is 1.24 bits per heavy atom. The number of benzene rings is 1. The molecule has 11 heteroatoms. The monoisotopic (exact) mass is 533 g/mol. The molecule has 0 spiro atoms. The van der Waals surface area contributed by atoms with Crippen LogP contribution in [-0.4, -0.2) is 39.4 Å². The van der Waals surface area contributed by atoms with Crippen LogP contribution in [0.1, 0.15) is 71.5 Å². The van der Waals surface area contributed by atoms with E-state index in [4.69, 9.17) is 9.26 Å². The van der Waals surface area contributed by atoms with Crippen LogP contribution in [0.3, 0.4) is 0 Å². The fraction of sp³-hybridized carbons (Fsp3) is 0.500. The largest absolute Gasteiger partial charge is 0.477 e. The molecule has 2 aromatic heterocycles. The molecule has 4 atom stereocenters. The predicted molar refractivity (Wildman–Crippen MR) is 130 cm³/mol. The highest BCUT2D eigenvalue weighted by Crippen LogP contribution is 2.47. The molecule has 1 saturated carbocycles. The van der Waals surface area contributed by atoms with Crippen LogP contribution in [0.5, 0.6) is 0 Å². The number of nitrogens with zero attached hydrogens (tertiary/aromatic N) is 3. The zero-order valence-corrected chi connectivity index (χ0v) is 20.9. The zero-order chi connectivity index (χ0) is 25.9. The predicted octanol–water partition coefficient (Wildman–Crippen LogP) is 6.36. The van der Waals surface area contributed by atoms with E-state index in [1.807, 2.05) is 0 Å². The lowest BCUT2D eigenvalue weighted by atomic mass is 9.97. The number of hydrogen-bond donors (Lipinski definition) is 1. The van der Waals surface area contributed by atoms with Gasteiger partial charge in [-0.3, -0.25) is 0 Å². The van der Waals surface area contributed by atoms with Crippen molar-refractivity contribution in [2.24, 2.45) is 5.92 Å². The van der Waals surface area contributed by atoms with Gasteiger partial charge in [0.25, 0.3) is 0 Å². The summed E-state index contributed by atoms with van der Waals surface area (Å²) in [6, 6.07) is 5.77. The standard InChI is InChI=1S/C26H26F3N3O4S/c1-13-8-15-9-16(10-20(13)32(15)25-30-11-21(37-25)24(33)34)35-12-18-22(31-36-23(18)14-6-7-14)17-4-2-3-5-19(17)26(27,28)29/h2-5,11,13-16,20H,6-10,12H2,1H3,(H,33,34). The molecule has 1 aromatic carbocycles. The Bertz CT molecular complexity index is 1320. The molecular formula is C26H26F3N3O4S. The second kappa shape index (κ2) is 9.13. The van der Waals surface area contributed by atoms with E-state index in [0.29, 0.717) is 17.2 Å². The second-order valence-electron chi connectivity index (χ2n) is 10.2. The lowest BCUT2D eigenvalue weighted by Crippen LogP contribution is -2.46. The Hall–Kier alpha value is -2.92. The summed E-state index contributed by atoms with van der Waals surface area (Å²) in [5.74, 6) is 0.210. The highest BCUT2D eigenvalue weighted by atomic mass is 32.1. The zero-order valence-electron chi connectivity index (χ0n) is 20.1. The van der Waals surface area contributed by atoms with Crippen molar-refractivity contribution < 1.29 is 32.3 Å². The number of carboxylic acids is 1. The van der Waals surface area contributed by atoms with Crippen LogP contribution in [0.25, 0.3) is 11.3 Å². The molecule has 0 radical (unpaired) electrons. The second-order valence-corrected chi connectivity index (χ2v) is 11.3. The van der Waals surface area contributed by atoms with Gasteiger partial charge in [0.2, 0.25) is 0 Å². The molecule has 6 rings (SSSR count). The fourth-order valence-corrected chi connectivity index (χ4v) is 6.75. The molecule has 3 aromatic rings. The summed E-state index contributed by atoms with van der Waals surface area (Å²) in [5.41, 5.74) is 0.0719. The quantitative estimate of drug-likeness (QED) is 0.378. The molecule has 2 bridgehead atoms. The average Bonchev–Trinajstić information content (AvgIpc) is 3.35. The molecule has 2 aliphatic heterocycles. The third-order valence-electron chi connectivity index (χ3n) is 7.73. The average molecular weight is 534 g/mol. The number of aromatic nitrogens is 2. The summed E-state index contributed by atoms with van der Waals surface area (Å²) < 4.78 is 53.2. The molecule has 4 unspecified atom stereocenters. The number of fused-ring (bicyclic) bond motifs is 2. The van der Waals surface area contributed by atoms with Crippen molar-refractivity contribution in [1.29, 1.82) is 0 Å². The lowest BCUT2D eigenvalue weighted by molar-refractivity contribution is -0.137. The van der Waals surface area contributed by atoms with Crippen molar-refractivity contribution in [2.75, 3.05) is 4.90 Å². The number of thiazole rings is 1. The smallest absolute Gasteiger partial charge is 0.417 e. The molecular weight excluding hydrogens is 507 g/mol. The highest BCUT2D eigenvalue weighted by molar-refractivity contribution is 7.17. The van der Waals surface area contributed by atoms with Crippen molar-refractivity contribution in [1.82, 2.24) is 10.1 Å². The highest BCUT2D eigenvalue weighted by Gasteiger charge is 2.47. The van der Waals surface area contributed by atoms with E-state index >= 15 is 0 Å². The van der Waals surface area contributed by atoms with Gasteiger partial charge in [-0.2, -0.15) is 13.2 Å². The molecule has 2 saturated heterocycles. The van der Waals surface area contributed by atoms with Gasteiger partial charge in [-0.25, -0.2) is 9.78 Å². The molecule has 3 fully saturated rings. The van der Waals surface area contributed by atoms with Crippen molar-refractivity contribution in [2.45, 2.75) is 75.9 Å². The van der Waals surface area contributed by atoms with Gasteiger partial charge in [0.1, 0.15) is 16.3 Å². The number of rotatable bonds is 7. The summed E-state index contributed by atoms with van der Waals surface area (Å²) in [6.07, 6.45) is 1.09. The van der Waals surface area contributed by atoms with Crippen LogP contribution in [0.15, 0.2) is 35.0 Å². The minimum absolute atomic E-state index is 0.00534. The number of anilines is 1. The summed E-state index contributed by atoms with van der Waals surface area (Å²) in [4.78, 5) is 18.2. The van der Waals surface area contributed by atoms with E-state index in [9.17, 15) is 23.1 Å². The Morgan fingerprint density at radius 3 is 2.70 bits per heavy atom. The van der Waals surface area contributed by atoms with E-state index < -0.39 is 17.7 Å². The van der Waals surface area contributed by atoms with Gasteiger partial charge in [0, 0.05) is 29.1 Å². The molecule has 196 valence electrons. The van der Waals surface area contributed by atoms with E-state index in [2.05, 4.69) is 22.0 Å². The normalized spacial score (nSPS) is 25.6. The van der Waals surface area contributed by atoms with Crippen LogP contribution < -0.4 is 4.90 Å². The van der Waals surface area contributed by atoms with Crippen LogP contribution in [0.4, 0.5) is 18.3 Å². The Morgan fingerprint density at radius 2 is 2.03 bits per heavy atom. The van der Waals surface area contributed by atoms with Crippen molar-refractivity contribution in [3.63, 3.8) is 0 Å². The SMILES string of the molecule is CC1CC2CC(OCc3c(-c4ccccc4C(F)(F)F)noc3C3CC3)CC1N2c1ncc(C(=O)O)s1. The molecule has 0 amide bonds. The topological polar surface area (TPSA) is 88.7 Å². The molecule has 37 heavy (non-hydrogen) atoms. The van der Waals surface area contributed by atoms with Gasteiger partial charge in [0.15, 0.2) is 5.13 Å². The third kappa shape index (κ3) is 4.52. The first-order valence-electron chi connectivity index (χ1n) is 12.4.